The van der Waals surface area contributed by atoms with E-state index in [0.717, 1.165) is 19.6 Å². The fraction of sp³-hybridized carbons (Fsp3) is 0.889. The van der Waals surface area contributed by atoms with Crippen LogP contribution >= 0.6 is 0 Å². The van der Waals surface area contributed by atoms with Gasteiger partial charge in [0.05, 0.1) is 0 Å². The van der Waals surface area contributed by atoms with Gasteiger partial charge in [-0.25, -0.2) is 0 Å². The molecule has 0 amide bonds. The largest absolute Gasteiger partial charge is 0.309 e. The van der Waals surface area contributed by atoms with Gasteiger partial charge in [-0.2, -0.15) is 0 Å². The van der Waals surface area contributed by atoms with E-state index in [1.54, 1.807) is 0 Å². The molecule has 0 aromatic carbocycles. The second kappa shape index (κ2) is 6.62. The van der Waals surface area contributed by atoms with Crippen molar-refractivity contribution in [2.45, 2.75) is 13.3 Å². The Bertz CT molecular complexity index is 81.6. The number of hydrogen-bond acceptors (Lipinski definition) is 2. The fourth-order valence-corrected chi connectivity index (χ4v) is 0.790. The van der Waals surface area contributed by atoms with Crippen molar-refractivity contribution in [2.24, 2.45) is 0 Å². The first-order valence-corrected chi connectivity index (χ1v) is 4.31. The number of rotatable bonds is 6. The lowest BCUT2D eigenvalue weighted by atomic mass is 10.3. The zero-order valence-electron chi connectivity index (χ0n) is 8.30. The van der Waals surface area contributed by atoms with Crippen molar-refractivity contribution in [3.8, 4) is 0 Å². The minimum absolute atomic E-state index is 1.12. The van der Waals surface area contributed by atoms with Crippen LogP contribution < -0.4 is 0 Å². The number of unbranched alkanes of at least 4 members (excludes halogenated alkanes) is 1. The molecule has 0 bridgehead atoms. The van der Waals surface area contributed by atoms with Gasteiger partial charge in [0, 0.05) is 6.54 Å². The Morgan fingerprint density at radius 3 is 2.27 bits per heavy atom. The highest BCUT2D eigenvalue weighted by Gasteiger charge is 1.94. The minimum atomic E-state index is 1.12. The molecule has 2 nitrogen and oxygen atoms in total. The van der Waals surface area contributed by atoms with E-state index in [2.05, 4.69) is 44.3 Å². The number of hydrogen-bond donors (Lipinski definition) is 0. The zero-order chi connectivity index (χ0) is 8.69. The molecule has 1 radical (unpaired) electrons. The summed E-state index contributed by atoms with van der Waals surface area (Å²) in [7, 11) is 6.36. The standard InChI is InChI=1S/C9H21N2/c1-5-11(4)9-7-6-8-10(2)3/h7H,5-6,8-9H2,1-4H3. The highest BCUT2D eigenvalue weighted by molar-refractivity contribution is 4.69. The van der Waals surface area contributed by atoms with E-state index in [-0.39, 0.29) is 0 Å². The maximum atomic E-state index is 2.34. The van der Waals surface area contributed by atoms with Gasteiger partial charge in [-0.15, -0.1) is 0 Å². The Hall–Kier alpha value is -0.0800. The van der Waals surface area contributed by atoms with E-state index in [1.165, 1.54) is 6.42 Å². The first-order valence-electron chi connectivity index (χ1n) is 4.31. The fourth-order valence-electron chi connectivity index (χ4n) is 0.790. The Kier molecular flexibility index (Phi) is 6.57. The number of nitrogens with zero attached hydrogens (tertiary/aromatic N) is 2. The van der Waals surface area contributed by atoms with Crippen LogP contribution in [0.1, 0.15) is 13.3 Å². The second-order valence-corrected chi connectivity index (χ2v) is 3.24. The summed E-state index contributed by atoms with van der Waals surface area (Å²) in [6.45, 7) is 5.60. The van der Waals surface area contributed by atoms with Crippen molar-refractivity contribution in [1.82, 2.24) is 9.80 Å². The van der Waals surface area contributed by atoms with E-state index in [9.17, 15) is 0 Å². The van der Waals surface area contributed by atoms with Gasteiger partial charge >= 0.3 is 0 Å². The molecule has 0 saturated carbocycles. The molecule has 0 spiro atoms. The molecule has 67 valence electrons. The summed E-state index contributed by atoms with van der Waals surface area (Å²) < 4.78 is 0. The molecule has 0 aromatic rings. The highest BCUT2D eigenvalue weighted by Crippen LogP contribution is 1.91. The summed E-state index contributed by atoms with van der Waals surface area (Å²) in [4.78, 5) is 4.51. The maximum absolute atomic E-state index is 2.34. The Labute approximate surface area is 71.2 Å². The smallest absolute Gasteiger partial charge is 0.00101 e. The average molecular weight is 157 g/mol. The highest BCUT2D eigenvalue weighted by atomic mass is 15.1. The Morgan fingerprint density at radius 2 is 1.82 bits per heavy atom. The van der Waals surface area contributed by atoms with Gasteiger partial charge in [0.25, 0.3) is 0 Å². The van der Waals surface area contributed by atoms with Crippen LogP contribution in [0.3, 0.4) is 0 Å². The van der Waals surface area contributed by atoms with Crippen molar-refractivity contribution < 1.29 is 0 Å². The van der Waals surface area contributed by atoms with E-state index in [4.69, 9.17) is 0 Å². The molecule has 0 aliphatic heterocycles. The summed E-state index contributed by atoms with van der Waals surface area (Å²) in [6.07, 6.45) is 3.53. The van der Waals surface area contributed by atoms with Crippen LogP contribution in [-0.2, 0) is 0 Å². The molecule has 2 heteroatoms. The van der Waals surface area contributed by atoms with Gasteiger partial charge in [0.1, 0.15) is 0 Å². The quantitative estimate of drug-likeness (QED) is 0.533. The molecule has 0 saturated heterocycles. The van der Waals surface area contributed by atoms with Gasteiger partial charge in [-0.3, -0.25) is 0 Å². The minimum Gasteiger partial charge on any atom is -0.309 e. The van der Waals surface area contributed by atoms with E-state index in [1.807, 2.05) is 0 Å². The van der Waals surface area contributed by atoms with Crippen molar-refractivity contribution >= 4 is 0 Å². The lowest BCUT2D eigenvalue weighted by Crippen LogP contribution is -2.21. The molecule has 11 heavy (non-hydrogen) atoms. The summed E-state index contributed by atoms with van der Waals surface area (Å²) in [5.74, 6) is 0. The van der Waals surface area contributed by atoms with Crippen LogP contribution in [0.25, 0.3) is 0 Å². The summed E-state index contributed by atoms with van der Waals surface area (Å²) >= 11 is 0. The second-order valence-electron chi connectivity index (χ2n) is 3.24. The maximum Gasteiger partial charge on any atom is 0.00101 e. The van der Waals surface area contributed by atoms with Crippen molar-refractivity contribution in [1.29, 1.82) is 0 Å². The predicted octanol–water partition coefficient (Wildman–Crippen LogP) is 1.09. The van der Waals surface area contributed by atoms with E-state index in [0.29, 0.717) is 0 Å². The first-order chi connectivity index (χ1) is 5.16. The third-order valence-corrected chi connectivity index (χ3v) is 1.76. The molecule has 0 aliphatic carbocycles. The summed E-state index contributed by atoms with van der Waals surface area (Å²) in [5, 5.41) is 0. The molecule has 0 fully saturated rings. The lowest BCUT2D eigenvalue weighted by molar-refractivity contribution is 0.361. The topological polar surface area (TPSA) is 6.48 Å². The van der Waals surface area contributed by atoms with E-state index >= 15 is 0 Å². The summed E-state index contributed by atoms with van der Waals surface area (Å²) in [6, 6.07) is 0. The van der Waals surface area contributed by atoms with Crippen LogP contribution in [-0.4, -0.2) is 50.6 Å². The molecular weight excluding hydrogens is 136 g/mol. The van der Waals surface area contributed by atoms with Crippen molar-refractivity contribution in [3.63, 3.8) is 0 Å². The normalized spacial score (nSPS) is 11.5. The first kappa shape index (κ1) is 10.9. The third kappa shape index (κ3) is 7.82. The van der Waals surface area contributed by atoms with Crippen LogP contribution in [0.5, 0.6) is 0 Å². The van der Waals surface area contributed by atoms with Gasteiger partial charge in [0.2, 0.25) is 0 Å². The Balaban J connectivity index is 3.01. The van der Waals surface area contributed by atoms with Crippen LogP contribution in [0.15, 0.2) is 0 Å². The monoisotopic (exact) mass is 157 g/mol. The van der Waals surface area contributed by atoms with Crippen molar-refractivity contribution in [3.05, 3.63) is 6.42 Å². The molecule has 0 aromatic heterocycles. The predicted molar refractivity (Wildman–Crippen MR) is 50.6 cm³/mol. The van der Waals surface area contributed by atoms with Crippen LogP contribution in [0.2, 0.25) is 0 Å². The summed E-state index contributed by atoms with van der Waals surface area (Å²) in [5.41, 5.74) is 0. The van der Waals surface area contributed by atoms with Gasteiger partial charge < -0.3 is 9.80 Å². The lowest BCUT2D eigenvalue weighted by Gasteiger charge is -2.14. The molecule has 0 heterocycles. The van der Waals surface area contributed by atoms with Gasteiger partial charge in [-0.1, -0.05) is 6.92 Å². The molecule has 0 aliphatic rings. The molecule has 0 atom stereocenters. The van der Waals surface area contributed by atoms with Gasteiger partial charge in [0.15, 0.2) is 0 Å². The van der Waals surface area contributed by atoms with Crippen molar-refractivity contribution in [2.75, 3.05) is 40.8 Å². The van der Waals surface area contributed by atoms with Crippen LogP contribution in [0, 0.1) is 6.42 Å². The molecular formula is C9H21N2. The Morgan fingerprint density at radius 1 is 1.18 bits per heavy atom. The van der Waals surface area contributed by atoms with Crippen LogP contribution in [0.4, 0.5) is 0 Å². The third-order valence-electron chi connectivity index (χ3n) is 1.76. The SMILES string of the molecule is CCN(C)C[CH]CCN(C)C. The van der Waals surface area contributed by atoms with Gasteiger partial charge in [-0.05, 0) is 47.1 Å². The molecule has 0 rings (SSSR count). The molecule has 0 N–H and O–H groups in total. The zero-order valence-corrected chi connectivity index (χ0v) is 8.30. The average Bonchev–Trinajstić information content (AvgIpc) is 1.97. The molecule has 0 unspecified atom stereocenters. The van der Waals surface area contributed by atoms with E-state index < -0.39 is 0 Å².